The van der Waals surface area contributed by atoms with Gasteiger partial charge in [0.25, 0.3) is 0 Å². The van der Waals surface area contributed by atoms with Crippen LogP contribution in [-0.4, -0.2) is 43.2 Å². The molecule has 1 aliphatic heterocycles. The molecule has 102 valence electrons. The number of rotatable bonds is 6. The van der Waals surface area contributed by atoms with Crippen molar-refractivity contribution in [1.29, 1.82) is 0 Å². The van der Waals surface area contributed by atoms with E-state index in [1.54, 1.807) is 12.3 Å². The molecule has 0 aromatic carbocycles. The highest BCUT2D eigenvalue weighted by Gasteiger charge is 2.16. The summed E-state index contributed by atoms with van der Waals surface area (Å²) >= 11 is 0. The smallest absolute Gasteiger partial charge is 0.133 e. The molecule has 0 spiro atoms. The van der Waals surface area contributed by atoms with Gasteiger partial charge in [-0.3, -0.25) is 0 Å². The zero-order valence-electron chi connectivity index (χ0n) is 11.1. The van der Waals surface area contributed by atoms with Crippen LogP contribution in [-0.2, 0) is 0 Å². The maximum absolute atomic E-state index is 9.82. The summed E-state index contributed by atoms with van der Waals surface area (Å²) in [4.78, 5) is 2.39. The normalized spacial score (nSPS) is 20.1. The number of furan rings is 1. The highest BCUT2D eigenvalue weighted by Crippen LogP contribution is 2.19. The summed E-state index contributed by atoms with van der Waals surface area (Å²) < 4.78 is 5.16. The second-order valence-corrected chi connectivity index (χ2v) is 5.27. The third kappa shape index (κ3) is 4.12. The Hall–Kier alpha value is -0.840. The largest absolute Gasteiger partial charge is 0.467 e. The number of likely N-dealkylation sites (tertiary alicyclic amines) is 1. The van der Waals surface area contributed by atoms with Crippen molar-refractivity contribution in [1.82, 2.24) is 10.2 Å². The first kappa shape index (κ1) is 13.6. The van der Waals surface area contributed by atoms with E-state index in [1.807, 2.05) is 6.07 Å². The summed E-state index contributed by atoms with van der Waals surface area (Å²) in [7, 11) is 2.19. The van der Waals surface area contributed by atoms with E-state index in [0.717, 1.165) is 12.5 Å². The highest BCUT2D eigenvalue weighted by molar-refractivity contribution is 5.02. The van der Waals surface area contributed by atoms with Crippen LogP contribution in [0.1, 0.15) is 31.1 Å². The average molecular weight is 252 g/mol. The molecule has 0 saturated carbocycles. The Morgan fingerprint density at radius 1 is 1.50 bits per heavy atom. The van der Waals surface area contributed by atoms with Gasteiger partial charge in [0.05, 0.1) is 6.26 Å². The first-order valence-electron chi connectivity index (χ1n) is 6.86. The Balaban J connectivity index is 1.56. The molecule has 2 N–H and O–H groups in total. The molecule has 4 nitrogen and oxygen atoms in total. The quantitative estimate of drug-likeness (QED) is 0.756. The number of nitrogens with zero attached hydrogens (tertiary/aromatic N) is 1. The van der Waals surface area contributed by atoms with E-state index >= 15 is 0 Å². The fraction of sp³-hybridized carbons (Fsp3) is 0.714. The SMILES string of the molecule is CN1CCC(CCNCC(O)c2ccco2)CC1. The van der Waals surface area contributed by atoms with Gasteiger partial charge in [-0.15, -0.1) is 0 Å². The van der Waals surface area contributed by atoms with Crippen molar-refractivity contribution in [3.05, 3.63) is 24.2 Å². The van der Waals surface area contributed by atoms with Crippen molar-refractivity contribution in [2.75, 3.05) is 33.2 Å². The maximum Gasteiger partial charge on any atom is 0.133 e. The van der Waals surface area contributed by atoms with E-state index in [9.17, 15) is 5.11 Å². The van der Waals surface area contributed by atoms with Gasteiger partial charge >= 0.3 is 0 Å². The third-order valence-electron chi connectivity index (χ3n) is 3.78. The summed E-state index contributed by atoms with van der Waals surface area (Å²) in [5.74, 6) is 1.48. The van der Waals surface area contributed by atoms with Gasteiger partial charge in [0.2, 0.25) is 0 Å². The lowest BCUT2D eigenvalue weighted by Crippen LogP contribution is -2.32. The van der Waals surface area contributed by atoms with Crippen LogP contribution < -0.4 is 5.32 Å². The molecular weight excluding hydrogens is 228 g/mol. The fourth-order valence-electron chi connectivity index (χ4n) is 2.48. The molecule has 0 amide bonds. The summed E-state index contributed by atoms with van der Waals surface area (Å²) in [6.07, 6.45) is 4.88. The predicted octanol–water partition coefficient (Wildman–Crippen LogP) is 1.63. The molecule has 1 fully saturated rings. The molecule has 4 heteroatoms. The molecule has 1 aromatic rings. The van der Waals surface area contributed by atoms with Gasteiger partial charge in [-0.1, -0.05) is 0 Å². The minimum Gasteiger partial charge on any atom is -0.467 e. The van der Waals surface area contributed by atoms with Gasteiger partial charge in [0.1, 0.15) is 11.9 Å². The van der Waals surface area contributed by atoms with Crippen LogP contribution >= 0.6 is 0 Å². The summed E-state index contributed by atoms with van der Waals surface area (Å²) in [5, 5.41) is 13.1. The lowest BCUT2D eigenvalue weighted by atomic mass is 9.94. The Morgan fingerprint density at radius 3 is 2.94 bits per heavy atom. The van der Waals surface area contributed by atoms with Gasteiger partial charge in [-0.2, -0.15) is 0 Å². The standard InChI is InChI=1S/C14H24N2O2/c1-16-8-5-12(6-9-16)4-7-15-11-13(17)14-3-2-10-18-14/h2-3,10,12-13,15,17H,4-9,11H2,1H3. The van der Waals surface area contributed by atoms with Crippen molar-refractivity contribution in [2.24, 2.45) is 5.92 Å². The second-order valence-electron chi connectivity index (χ2n) is 5.27. The topological polar surface area (TPSA) is 48.6 Å². The molecule has 18 heavy (non-hydrogen) atoms. The van der Waals surface area contributed by atoms with Crippen molar-refractivity contribution >= 4 is 0 Å². The number of hydrogen-bond donors (Lipinski definition) is 2. The van der Waals surface area contributed by atoms with Gasteiger partial charge in [-0.25, -0.2) is 0 Å². The Bertz CT molecular complexity index is 319. The van der Waals surface area contributed by atoms with Crippen molar-refractivity contribution in [2.45, 2.75) is 25.4 Å². The van der Waals surface area contributed by atoms with Gasteiger partial charge in [0.15, 0.2) is 0 Å². The van der Waals surface area contributed by atoms with E-state index < -0.39 is 6.10 Å². The lowest BCUT2D eigenvalue weighted by molar-refractivity contribution is 0.145. The molecule has 0 radical (unpaired) electrons. The lowest BCUT2D eigenvalue weighted by Gasteiger charge is -2.29. The van der Waals surface area contributed by atoms with E-state index in [1.165, 1.54) is 32.4 Å². The van der Waals surface area contributed by atoms with E-state index in [0.29, 0.717) is 12.3 Å². The second kappa shape index (κ2) is 6.92. The predicted molar refractivity (Wildman–Crippen MR) is 71.4 cm³/mol. The zero-order valence-corrected chi connectivity index (χ0v) is 11.1. The number of hydrogen-bond acceptors (Lipinski definition) is 4. The minimum atomic E-state index is -0.530. The molecule has 1 atom stereocenters. The van der Waals surface area contributed by atoms with Crippen LogP contribution in [0.25, 0.3) is 0 Å². The molecular formula is C14H24N2O2. The number of aliphatic hydroxyl groups excluding tert-OH is 1. The molecule has 0 aliphatic carbocycles. The average Bonchev–Trinajstić information content (AvgIpc) is 2.90. The van der Waals surface area contributed by atoms with Crippen molar-refractivity contribution in [3.8, 4) is 0 Å². The van der Waals surface area contributed by atoms with E-state index in [2.05, 4.69) is 17.3 Å². The number of piperidine rings is 1. The van der Waals surface area contributed by atoms with Crippen molar-refractivity contribution < 1.29 is 9.52 Å². The summed E-state index contributed by atoms with van der Waals surface area (Å²) in [5.41, 5.74) is 0. The van der Waals surface area contributed by atoms with Crippen LogP contribution in [0.2, 0.25) is 0 Å². The van der Waals surface area contributed by atoms with Crippen molar-refractivity contribution in [3.63, 3.8) is 0 Å². The molecule has 0 bridgehead atoms. The molecule has 1 unspecified atom stereocenters. The first-order valence-corrected chi connectivity index (χ1v) is 6.86. The molecule has 1 aliphatic rings. The van der Waals surface area contributed by atoms with Crippen LogP contribution in [0.3, 0.4) is 0 Å². The molecule has 2 heterocycles. The van der Waals surface area contributed by atoms with Gasteiger partial charge in [0, 0.05) is 6.54 Å². The zero-order chi connectivity index (χ0) is 12.8. The Labute approximate surface area is 109 Å². The highest BCUT2D eigenvalue weighted by atomic mass is 16.4. The summed E-state index contributed by atoms with van der Waals surface area (Å²) in [6.45, 7) is 3.99. The molecule has 1 aromatic heterocycles. The maximum atomic E-state index is 9.82. The van der Waals surface area contributed by atoms with E-state index in [4.69, 9.17) is 4.42 Å². The first-order chi connectivity index (χ1) is 8.75. The Kier molecular flexibility index (Phi) is 5.23. The summed E-state index contributed by atoms with van der Waals surface area (Å²) in [6, 6.07) is 3.61. The monoisotopic (exact) mass is 252 g/mol. The fourth-order valence-corrected chi connectivity index (χ4v) is 2.48. The number of aliphatic hydroxyl groups is 1. The molecule has 2 rings (SSSR count). The van der Waals surface area contributed by atoms with Gasteiger partial charge in [-0.05, 0) is 64.0 Å². The Morgan fingerprint density at radius 2 is 2.28 bits per heavy atom. The van der Waals surface area contributed by atoms with Crippen LogP contribution in [0.15, 0.2) is 22.8 Å². The number of nitrogens with one attached hydrogen (secondary N) is 1. The van der Waals surface area contributed by atoms with Gasteiger partial charge < -0.3 is 19.7 Å². The van der Waals surface area contributed by atoms with Crippen LogP contribution in [0.4, 0.5) is 0 Å². The molecule has 1 saturated heterocycles. The van der Waals surface area contributed by atoms with Crippen LogP contribution in [0, 0.1) is 5.92 Å². The van der Waals surface area contributed by atoms with E-state index in [-0.39, 0.29) is 0 Å². The minimum absolute atomic E-state index is 0.530. The third-order valence-corrected chi connectivity index (χ3v) is 3.78. The van der Waals surface area contributed by atoms with Crippen LogP contribution in [0.5, 0.6) is 0 Å².